The van der Waals surface area contributed by atoms with Crippen LogP contribution in [0.15, 0.2) is 12.1 Å². The average Bonchev–Trinajstić information content (AvgIpc) is 2.96. The zero-order valence-electron chi connectivity index (χ0n) is 14.2. The van der Waals surface area contributed by atoms with Gasteiger partial charge in [-0.2, -0.15) is 0 Å². The second-order valence-corrected chi connectivity index (χ2v) is 6.86. The minimum atomic E-state index is -0.513. The van der Waals surface area contributed by atoms with Crippen molar-refractivity contribution >= 4 is 17.3 Å². The number of carbonyl (C=O) groups is 1. The maximum absolute atomic E-state index is 11.8. The second-order valence-electron chi connectivity index (χ2n) is 5.75. The van der Waals surface area contributed by atoms with E-state index < -0.39 is 6.10 Å². The fourth-order valence-corrected chi connectivity index (χ4v) is 3.08. The van der Waals surface area contributed by atoms with E-state index in [1.165, 1.54) is 24.2 Å². The predicted octanol–water partition coefficient (Wildman–Crippen LogP) is 3.86. The molecule has 4 nitrogen and oxygen atoms in total. The molecular formula is C17H29NO3S. The quantitative estimate of drug-likeness (QED) is 0.663. The van der Waals surface area contributed by atoms with Gasteiger partial charge in [0.15, 0.2) is 0 Å². The molecule has 1 rings (SSSR count). The van der Waals surface area contributed by atoms with Crippen LogP contribution in [0.5, 0.6) is 0 Å². The van der Waals surface area contributed by atoms with Gasteiger partial charge in [-0.15, -0.1) is 11.3 Å². The smallest absolute Gasteiger partial charge is 0.348 e. The van der Waals surface area contributed by atoms with Crippen molar-refractivity contribution in [3.05, 3.63) is 21.9 Å². The highest BCUT2D eigenvalue weighted by molar-refractivity contribution is 7.14. The Balaban J connectivity index is 2.50. The Morgan fingerprint density at radius 2 is 2.05 bits per heavy atom. The molecule has 1 unspecified atom stereocenters. The van der Waals surface area contributed by atoms with Crippen molar-refractivity contribution in [2.45, 2.75) is 59.2 Å². The van der Waals surface area contributed by atoms with E-state index in [0.717, 1.165) is 24.5 Å². The van der Waals surface area contributed by atoms with Crippen LogP contribution < -0.4 is 0 Å². The molecule has 0 radical (unpaired) electrons. The van der Waals surface area contributed by atoms with Gasteiger partial charge in [0.1, 0.15) is 4.88 Å². The molecule has 0 saturated carbocycles. The van der Waals surface area contributed by atoms with Gasteiger partial charge in [-0.1, -0.05) is 20.3 Å². The van der Waals surface area contributed by atoms with Gasteiger partial charge in [-0.05, 0) is 51.9 Å². The van der Waals surface area contributed by atoms with Crippen molar-refractivity contribution in [2.75, 3.05) is 19.6 Å². The summed E-state index contributed by atoms with van der Waals surface area (Å²) in [6.45, 7) is 11.0. The summed E-state index contributed by atoms with van der Waals surface area (Å²) in [4.78, 5) is 15.6. The third kappa shape index (κ3) is 6.46. The van der Waals surface area contributed by atoms with Crippen molar-refractivity contribution in [3.8, 4) is 0 Å². The van der Waals surface area contributed by atoms with Gasteiger partial charge >= 0.3 is 5.97 Å². The Bertz CT molecular complexity index is 445. The number of rotatable bonds is 10. The molecule has 1 aromatic rings. The fourth-order valence-electron chi connectivity index (χ4n) is 2.17. The monoisotopic (exact) mass is 327 g/mol. The number of carbonyl (C=O) groups excluding carboxylic acids is 1. The molecule has 0 spiro atoms. The highest BCUT2D eigenvalue weighted by Gasteiger charge is 2.17. The third-order valence-corrected chi connectivity index (χ3v) is 4.66. The maximum atomic E-state index is 11.8. The summed E-state index contributed by atoms with van der Waals surface area (Å²) in [7, 11) is 0. The van der Waals surface area contributed by atoms with Crippen molar-refractivity contribution in [1.82, 2.24) is 4.90 Å². The lowest BCUT2D eigenvalue weighted by Gasteiger charge is -2.21. The summed E-state index contributed by atoms with van der Waals surface area (Å²) in [6.07, 6.45) is 2.43. The zero-order chi connectivity index (χ0) is 16.5. The van der Waals surface area contributed by atoms with Crippen molar-refractivity contribution in [3.63, 3.8) is 0 Å². The second kappa shape index (κ2) is 9.98. The minimum Gasteiger partial charge on any atom is -0.459 e. The van der Waals surface area contributed by atoms with Crippen LogP contribution in [0.1, 0.15) is 67.6 Å². The first-order valence-electron chi connectivity index (χ1n) is 8.19. The Kier molecular flexibility index (Phi) is 8.68. The highest BCUT2D eigenvalue weighted by atomic mass is 32.1. The molecule has 0 saturated heterocycles. The lowest BCUT2D eigenvalue weighted by Crippen LogP contribution is -2.26. The van der Waals surface area contributed by atoms with Crippen LogP contribution in [-0.2, 0) is 4.74 Å². The van der Waals surface area contributed by atoms with E-state index in [1.807, 2.05) is 19.9 Å². The minimum absolute atomic E-state index is 0.125. The van der Waals surface area contributed by atoms with Gasteiger partial charge in [-0.3, -0.25) is 0 Å². The maximum Gasteiger partial charge on any atom is 0.348 e. The van der Waals surface area contributed by atoms with Crippen LogP contribution >= 0.6 is 11.3 Å². The van der Waals surface area contributed by atoms with E-state index in [2.05, 4.69) is 18.7 Å². The first-order valence-corrected chi connectivity index (χ1v) is 9.00. The highest BCUT2D eigenvalue weighted by Crippen LogP contribution is 2.26. The lowest BCUT2D eigenvalue weighted by atomic mass is 10.2. The number of hydrogen-bond acceptors (Lipinski definition) is 5. The molecule has 1 N–H and O–H groups in total. The molecular weight excluding hydrogens is 298 g/mol. The Labute approximate surface area is 138 Å². The molecule has 0 aromatic carbocycles. The van der Waals surface area contributed by atoms with Crippen LogP contribution in [0.3, 0.4) is 0 Å². The topological polar surface area (TPSA) is 49.8 Å². The number of aliphatic hydroxyl groups excluding tert-OH is 1. The van der Waals surface area contributed by atoms with Crippen LogP contribution in [0.4, 0.5) is 0 Å². The SMILES string of the molecule is CCCCN(CC)CCC(O)c1ccc(C(=O)OC(C)C)s1. The number of esters is 1. The van der Waals surface area contributed by atoms with E-state index >= 15 is 0 Å². The summed E-state index contributed by atoms with van der Waals surface area (Å²) in [5.74, 6) is -0.309. The molecule has 126 valence electrons. The molecule has 5 heteroatoms. The van der Waals surface area contributed by atoms with Gasteiger partial charge < -0.3 is 14.7 Å². The molecule has 0 amide bonds. The number of nitrogens with zero attached hydrogens (tertiary/aromatic N) is 1. The Morgan fingerprint density at radius 3 is 2.64 bits per heavy atom. The van der Waals surface area contributed by atoms with Gasteiger partial charge in [0.05, 0.1) is 12.2 Å². The van der Waals surface area contributed by atoms with Crippen LogP contribution in [-0.4, -0.2) is 41.7 Å². The largest absolute Gasteiger partial charge is 0.459 e. The lowest BCUT2D eigenvalue weighted by molar-refractivity contribution is 0.0384. The fraction of sp³-hybridized carbons (Fsp3) is 0.706. The van der Waals surface area contributed by atoms with Crippen LogP contribution in [0, 0.1) is 0 Å². The van der Waals surface area contributed by atoms with E-state index in [-0.39, 0.29) is 12.1 Å². The molecule has 0 aliphatic rings. The molecule has 0 aliphatic carbocycles. The van der Waals surface area contributed by atoms with Crippen LogP contribution in [0.2, 0.25) is 0 Å². The van der Waals surface area contributed by atoms with Gasteiger partial charge in [0, 0.05) is 11.4 Å². The zero-order valence-corrected chi connectivity index (χ0v) is 15.0. The molecule has 0 bridgehead atoms. The summed E-state index contributed by atoms with van der Waals surface area (Å²) < 4.78 is 5.17. The Morgan fingerprint density at radius 1 is 1.32 bits per heavy atom. The van der Waals surface area contributed by atoms with E-state index in [1.54, 1.807) is 6.07 Å². The first-order chi connectivity index (χ1) is 10.5. The van der Waals surface area contributed by atoms with E-state index in [0.29, 0.717) is 11.3 Å². The van der Waals surface area contributed by atoms with Crippen molar-refractivity contribution < 1.29 is 14.6 Å². The number of aliphatic hydroxyl groups is 1. The number of unbranched alkanes of at least 4 members (excludes halogenated alkanes) is 1. The number of ether oxygens (including phenoxy) is 1. The average molecular weight is 327 g/mol. The summed E-state index contributed by atoms with van der Waals surface area (Å²) in [5, 5.41) is 10.3. The van der Waals surface area contributed by atoms with Gasteiger partial charge in [0.2, 0.25) is 0 Å². The normalized spacial score (nSPS) is 12.9. The van der Waals surface area contributed by atoms with Crippen LogP contribution in [0.25, 0.3) is 0 Å². The van der Waals surface area contributed by atoms with Crippen molar-refractivity contribution in [2.24, 2.45) is 0 Å². The van der Waals surface area contributed by atoms with Gasteiger partial charge in [-0.25, -0.2) is 4.79 Å². The Hall–Kier alpha value is -0.910. The third-order valence-electron chi connectivity index (χ3n) is 3.49. The molecule has 0 aliphatic heterocycles. The first kappa shape index (κ1) is 19.1. The van der Waals surface area contributed by atoms with Crippen molar-refractivity contribution in [1.29, 1.82) is 0 Å². The molecule has 1 aromatic heterocycles. The molecule has 22 heavy (non-hydrogen) atoms. The molecule has 1 heterocycles. The summed E-state index contributed by atoms with van der Waals surface area (Å²) >= 11 is 1.33. The summed E-state index contributed by atoms with van der Waals surface area (Å²) in [6, 6.07) is 3.57. The van der Waals surface area contributed by atoms with Gasteiger partial charge in [0.25, 0.3) is 0 Å². The number of hydrogen-bond donors (Lipinski definition) is 1. The van der Waals surface area contributed by atoms with E-state index in [9.17, 15) is 9.90 Å². The molecule has 0 fully saturated rings. The summed E-state index contributed by atoms with van der Waals surface area (Å²) in [5.41, 5.74) is 0. The number of thiophene rings is 1. The predicted molar refractivity (Wildman–Crippen MR) is 91.5 cm³/mol. The van der Waals surface area contributed by atoms with E-state index in [4.69, 9.17) is 4.74 Å². The molecule has 1 atom stereocenters. The standard InChI is InChI=1S/C17H29NO3S/c1-5-7-11-18(6-2)12-10-14(19)15-8-9-16(22-15)17(20)21-13(3)4/h8-9,13-14,19H,5-7,10-12H2,1-4H3.